The summed E-state index contributed by atoms with van der Waals surface area (Å²) in [4.78, 5) is 17.8. The number of pyridine rings is 3. The van der Waals surface area contributed by atoms with Crippen LogP contribution < -0.4 is 11.1 Å². The summed E-state index contributed by atoms with van der Waals surface area (Å²) in [5, 5.41) is 11.5. The molecule has 0 aromatic carbocycles. The van der Waals surface area contributed by atoms with Crippen LogP contribution in [0.1, 0.15) is 35.4 Å². The quantitative estimate of drug-likeness (QED) is 0.432. The van der Waals surface area contributed by atoms with E-state index in [4.69, 9.17) is 10.7 Å². The zero-order chi connectivity index (χ0) is 21.8. The van der Waals surface area contributed by atoms with Crippen molar-refractivity contribution in [1.29, 1.82) is 0 Å². The molecular weight excluding hydrogens is 400 g/mol. The Kier molecular flexibility index (Phi) is 5.48. The highest BCUT2D eigenvalue weighted by Crippen LogP contribution is 2.40. The Morgan fingerprint density at radius 1 is 1.09 bits per heavy atom. The zero-order valence-corrected chi connectivity index (χ0v) is 17.4. The lowest BCUT2D eigenvalue weighted by Gasteiger charge is -2.08. The number of anilines is 2. The number of hydrogen-bond acceptors (Lipinski definition) is 8. The molecule has 1 aliphatic rings. The van der Waals surface area contributed by atoms with Crippen LogP contribution in [0.25, 0.3) is 16.6 Å². The molecular formula is C24H22N8. The van der Waals surface area contributed by atoms with Crippen molar-refractivity contribution < 1.29 is 0 Å². The standard InChI is InChI=1S/C24H22N8/c25-10-20(13-27-12-16-2-1-7-26-11-16)18-8-22-21(28-14-18)5-6-23(30-22)31-24-9-19(15-29-32-24)17-3-4-17/h1-2,5-11,13-15,17H,3-4,12,25H2,(H,30,31,32). The molecule has 4 aromatic rings. The molecule has 0 unspecified atom stereocenters. The van der Waals surface area contributed by atoms with E-state index in [-0.39, 0.29) is 0 Å². The Morgan fingerprint density at radius 3 is 2.84 bits per heavy atom. The van der Waals surface area contributed by atoms with Gasteiger partial charge in [-0.15, -0.1) is 5.10 Å². The van der Waals surface area contributed by atoms with Crippen LogP contribution in [0.2, 0.25) is 0 Å². The first-order valence-electron chi connectivity index (χ1n) is 10.5. The molecule has 0 bridgehead atoms. The lowest BCUT2D eigenvalue weighted by atomic mass is 10.1. The predicted octanol–water partition coefficient (Wildman–Crippen LogP) is 4.01. The molecule has 8 nitrogen and oxygen atoms in total. The summed E-state index contributed by atoms with van der Waals surface area (Å²) >= 11 is 0. The molecule has 0 radical (unpaired) electrons. The molecule has 0 spiro atoms. The maximum absolute atomic E-state index is 5.86. The number of hydrogen-bond donors (Lipinski definition) is 2. The molecule has 0 aliphatic heterocycles. The first kappa shape index (κ1) is 19.7. The fourth-order valence-electron chi connectivity index (χ4n) is 3.40. The molecule has 3 N–H and O–H groups in total. The summed E-state index contributed by atoms with van der Waals surface area (Å²) in [6.07, 6.45) is 12.9. The van der Waals surface area contributed by atoms with Crippen molar-refractivity contribution in [3.63, 3.8) is 0 Å². The van der Waals surface area contributed by atoms with Gasteiger partial charge in [0.25, 0.3) is 0 Å². The van der Waals surface area contributed by atoms with Crippen molar-refractivity contribution in [3.05, 3.63) is 84.1 Å². The Labute approximate surface area is 185 Å². The van der Waals surface area contributed by atoms with Crippen LogP contribution in [0.3, 0.4) is 0 Å². The molecule has 0 amide bonds. The molecule has 0 saturated heterocycles. The Balaban J connectivity index is 1.35. The molecule has 0 atom stereocenters. The van der Waals surface area contributed by atoms with Crippen molar-refractivity contribution in [2.75, 3.05) is 5.32 Å². The Morgan fingerprint density at radius 2 is 2.03 bits per heavy atom. The highest BCUT2D eigenvalue weighted by atomic mass is 15.2. The number of nitrogens with one attached hydrogen (secondary N) is 1. The molecule has 32 heavy (non-hydrogen) atoms. The average molecular weight is 422 g/mol. The van der Waals surface area contributed by atoms with Gasteiger partial charge < -0.3 is 11.1 Å². The summed E-state index contributed by atoms with van der Waals surface area (Å²) in [5.74, 6) is 1.99. The van der Waals surface area contributed by atoms with Crippen molar-refractivity contribution in [2.45, 2.75) is 25.3 Å². The van der Waals surface area contributed by atoms with Gasteiger partial charge >= 0.3 is 0 Å². The molecule has 4 heterocycles. The van der Waals surface area contributed by atoms with E-state index in [0.29, 0.717) is 24.1 Å². The van der Waals surface area contributed by atoms with E-state index in [2.05, 4.69) is 30.5 Å². The number of allylic oxidation sites excluding steroid dienone is 1. The fraction of sp³-hybridized carbons (Fsp3) is 0.167. The van der Waals surface area contributed by atoms with Gasteiger partial charge in [-0.25, -0.2) is 4.98 Å². The number of aliphatic imine (C=N–C) groups is 1. The minimum atomic E-state index is 0.527. The van der Waals surface area contributed by atoms with Gasteiger partial charge in [-0.3, -0.25) is 15.0 Å². The van der Waals surface area contributed by atoms with Crippen LogP contribution in [0.15, 0.2) is 72.4 Å². The third-order valence-electron chi connectivity index (χ3n) is 5.26. The summed E-state index contributed by atoms with van der Waals surface area (Å²) in [7, 11) is 0. The van der Waals surface area contributed by atoms with E-state index in [1.165, 1.54) is 24.6 Å². The van der Waals surface area contributed by atoms with Crippen LogP contribution in [-0.4, -0.2) is 31.4 Å². The second-order valence-electron chi connectivity index (χ2n) is 7.69. The van der Waals surface area contributed by atoms with Gasteiger partial charge in [-0.05, 0) is 60.2 Å². The topological polar surface area (TPSA) is 115 Å². The van der Waals surface area contributed by atoms with E-state index in [9.17, 15) is 0 Å². The first-order chi connectivity index (χ1) is 15.8. The van der Waals surface area contributed by atoms with E-state index in [1.807, 2.05) is 42.6 Å². The summed E-state index contributed by atoms with van der Waals surface area (Å²) in [6, 6.07) is 11.7. The number of rotatable bonds is 7. The molecule has 158 valence electrons. The van der Waals surface area contributed by atoms with Crippen LogP contribution in [0, 0.1) is 0 Å². The van der Waals surface area contributed by atoms with Gasteiger partial charge in [0.15, 0.2) is 5.82 Å². The number of nitrogens with zero attached hydrogens (tertiary/aromatic N) is 6. The largest absolute Gasteiger partial charge is 0.404 e. The van der Waals surface area contributed by atoms with Crippen molar-refractivity contribution in [2.24, 2.45) is 10.7 Å². The van der Waals surface area contributed by atoms with Crippen molar-refractivity contribution in [3.8, 4) is 0 Å². The third kappa shape index (κ3) is 4.59. The highest BCUT2D eigenvalue weighted by molar-refractivity contribution is 6.10. The summed E-state index contributed by atoms with van der Waals surface area (Å²) in [5.41, 5.74) is 11.3. The number of fused-ring (bicyclic) bond motifs is 1. The molecule has 8 heteroatoms. The monoisotopic (exact) mass is 422 g/mol. The van der Waals surface area contributed by atoms with Gasteiger partial charge in [-0.2, -0.15) is 5.10 Å². The van der Waals surface area contributed by atoms with Crippen LogP contribution in [-0.2, 0) is 6.54 Å². The van der Waals surface area contributed by atoms with E-state index >= 15 is 0 Å². The van der Waals surface area contributed by atoms with Gasteiger partial charge in [0, 0.05) is 42.1 Å². The van der Waals surface area contributed by atoms with Crippen molar-refractivity contribution in [1.82, 2.24) is 25.1 Å². The second kappa shape index (κ2) is 8.89. The average Bonchev–Trinajstić information content (AvgIpc) is 3.68. The van der Waals surface area contributed by atoms with Gasteiger partial charge in [-0.1, -0.05) is 6.07 Å². The number of aromatic nitrogens is 5. The normalized spacial score (nSPS) is 14.2. The minimum absolute atomic E-state index is 0.527. The molecule has 1 aliphatic carbocycles. The number of nitrogens with two attached hydrogens (primary N) is 1. The summed E-state index contributed by atoms with van der Waals surface area (Å²) < 4.78 is 0. The summed E-state index contributed by atoms with van der Waals surface area (Å²) in [6.45, 7) is 0.527. The first-order valence-corrected chi connectivity index (χ1v) is 10.5. The fourth-order valence-corrected chi connectivity index (χ4v) is 3.40. The Bertz CT molecular complexity index is 1300. The van der Waals surface area contributed by atoms with Crippen LogP contribution >= 0.6 is 0 Å². The minimum Gasteiger partial charge on any atom is -0.404 e. The third-order valence-corrected chi connectivity index (χ3v) is 5.26. The molecule has 1 saturated carbocycles. The maximum atomic E-state index is 5.86. The van der Waals surface area contributed by atoms with E-state index < -0.39 is 0 Å². The smallest absolute Gasteiger partial charge is 0.154 e. The molecule has 1 fully saturated rings. The van der Waals surface area contributed by atoms with Gasteiger partial charge in [0.05, 0.1) is 23.8 Å². The lowest BCUT2D eigenvalue weighted by molar-refractivity contribution is 0.981. The van der Waals surface area contributed by atoms with Gasteiger partial charge in [0.2, 0.25) is 0 Å². The highest BCUT2D eigenvalue weighted by Gasteiger charge is 2.24. The van der Waals surface area contributed by atoms with Crippen LogP contribution in [0.5, 0.6) is 0 Å². The van der Waals surface area contributed by atoms with E-state index in [1.54, 1.807) is 24.8 Å². The zero-order valence-electron chi connectivity index (χ0n) is 17.4. The lowest BCUT2D eigenvalue weighted by Crippen LogP contribution is -2.00. The van der Waals surface area contributed by atoms with Crippen molar-refractivity contribution >= 4 is 34.5 Å². The SMILES string of the molecule is NC=C(C=NCc1cccnc1)c1cnc2ccc(Nc3cc(C4CC4)cnn3)nc2c1. The predicted molar refractivity (Wildman–Crippen MR) is 125 cm³/mol. The van der Waals surface area contributed by atoms with E-state index in [0.717, 1.165) is 27.7 Å². The molecule has 4 aromatic heterocycles. The van der Waals surface area contributed by atoms with Crippen LogP contribution in [0.4, 0.5) is 11.6 Å². The van der Waals surface area contributed by atoms with Gasteiger partial charge in [0.1, 0.15) is 5.82 Å². The Hall–Kier alpha value is -4.20. The maximum Gasteiger partial charge on any atom is 0.154 e. The molecule has 5 rings (SSSR count). The second-order valence-corrected chi connectivity index (χ2v) is 7.69.